The van der Waals surface area contributed by atoms with E-state index in [1.807, 2.05) is 27.7 Å². The van der Waals surface area contributed by atoms with E-state index in [0.717, 1.165) is 30.5 Å². The summed E-state index contributed by atoms with van der Waals surface area (Å²) in [4.78, 5) is 45.3. The number of halogens is 1. The lowest BCUT2D eigenvalue weighted by molar-refractivity contribution is -0.120. The van der Waals surface area contributed by atoms with Gasteiger partial charge < -0.3 is 25.0 Å². The van der Waals surface area contributed by atoms with Crippen molar-refractivity contribution < 1.29 is 32.3 Å². The molecule has 2 aliphatic heterocycles. The van der Waals surface area contributed by atoms with Gasteiger partial charge in [0.2, 0.25) is 0 Å². The van der Waals surface area contributed by atoms with Gasteiger partial charge in [0.25, 0.3) is 27.7 Å². The smallest absolute Gasteiger partial charge is 0.274 e. The standard InChI is InChI=1S/C37H46ClN5O7S/c1-8-50-26-11-13-30-28(23-26)37(5,27-21-24(9-12-29(27)38)33(44)39-15-16-42-19-17-41(6)18-20-42)35(46)43(30)51(47,48)32-14-10-25(22-31(32)49-7)34(45)40-36(2,3)4/h9-14,21-23H,8,15-20H2,1-7H3,(H,39,44)(H,40,45). The first-order chi connectivity index (χ1) is 24.0. The Balaban J connectivity index is 1.53. The van der Waals surface area contributed by atoms with Gasteiger partial charge in [0.05, 0.1) is 19.4 Å². The van der Waals surface area contributed by atoms with Crippen LogP contribution in [-0.2, 0) is 20.2 Å². The van der Waals surface area contributed by atoms with Gasteiger partial charge in [-0.1, -0.05) is 11.6 Å². The number of fused-ring (bicyclic) bond motifs is 1. The largest absolute Gasteiger partial charge is 0.495 e. The van der Waals surface area contributed by atoms with Crippen LogP contribution >= 0.6 is 11.6 Å². The minimum absolute atomic E-state index is 0.0978. The molecule has 0 spiro atoms. The number of amides is 3. The van der Waals surface area contributed by atoms with Crippen LogP contribution in [0.25, 0.3) is 0 Å². The fourth-order valence-corrected chi connectivity index (χ4v) is 8.32. The third kappa shape index (κ3) is 7.71. The highest BCUT2D eigenvalue weighted by Gasteiger charge is 2.54. The van der Waals surface area contributed by atoms with Crippen LogP contribution in [0.15, 0.2) is 59.5 Å². The summed E-state index contributed by atoms with van der Waals surface area (Å²) in [6.07, 6.45) is 0. The number of anilines is 1. The molecule has 0 radical (unpaired) electrons. The van der Waals surface area contributed by atoms with Crippen LogP contribution in [0.2, 0.25) is 5.02 Å². The highest BCUT2D eigenvalue weighted by molar-refractivity contribution is 7.93. The summed E-state index contributed by atoms with van der Waals surface area (Å²) in [6, 6.07) is 13.3. The Hall–Kier alpha value is -4.17. The maximum absolute atomic E-state index is 14.7. The van der Waals surface area contributed by atoms with E-state index in [2.05, 4.69) is 27.5 Å². The SMILES string of the molecule is CCOc1ccc2c(c1)C(C)(c1cc(C(=O)NCCN3CCN(C)CC3)ccc1Cl)C(=O)N2S(=O)(=O)c1ccc(C(=O)NC(C)(C)C)cc1OC. The number of sulfonamides is 1. The predicted molar refractivity (Wildman–Crippen MR) is 197 cm³/mol. The molecule has 2 heterocycles. The van der Waals surface area contributed by atoms with Crippen molar-refractivity contribution in [3.05, 3.63) is 81.9 Å². The molecule has 0 saturated carbocycles. The Bertz CT molecular complexity index is 1940. The Kier molecular flexibility index (Phi) is 11.1. The molecule has 0 bridgehead atoms. The predicted octanol–water partition coefficient (Wildman–Crippen LogP) is 4.29. The first-order valence-electron chi connectivity index (χ1n) is 16.9. The molecule has 2 N–H and O–H groups in total. The van der Waals surface area contributed by atoms with Gasteiger partial charge in [-0.2, -0.15) is 0 Å². The van der Waals surface area contributed by atoms with Crippen molar-refractivity contribution in [3.8, 4) is 11.5 Å². The minimum Gasteiger partial charge on any atom is -0.495 e. The first kappa shape index (κ1) is 38.1. The van der Waals surface area contributed by atoms with Gasteiger partial charge in [-0.15, -0.1) is 0 Å². The van der Waals surface area contributed by atoms with E-state index in [0.29, 0.717) is 31.0 Å². The number of carbonyl (C=O) groups is 3. The number of hydrogen-bond acceptors (Lipinski definition) is 9. The van der Waals surface area contributed by atoms with Gasteiger partial charge in [0.1, 0.15) is 21.8 Å². The van der Waals surface area contributed by atoms with Crippen molar-refractivity contribution in [1.29, 1.82) is 0 Å². The number of carbonyl (C=O) groups excluding carboxylic acids is 3. The molecule has 12 nitrogen and oxygen atoms in total. The average molecular weight is 740 g/mol. The summed E-state index contributed by atoms with van der Waals surface area (Å²) in [6.45, 7) is 14.1. The van der Waals surface area contributed by atoms with Crippen molar-refractivity contribution in [2.75, 3.05) is 64.3 Å². The number of likely N-dealkylation sites (N-methyl/N-ethyl adjacent to an activating group) is 1. The molecule has 0 aliphatic carbocycles. The zero-order valence-corrected chi connectivity index (χ0v) is 31.7. The molecule has 3 aromatic carbocycles. The van der Waals surface area contributed by atoms with Gasteiger partial charge in [-0.25, -0.2) is 12.7 Å². The van der Waals surface area contributed by atoms with Crippen molar-refractivity contribution in [3.63, 3.8) is 0 Å². The number of ether oxygens (including phenoxy) is 2. The summed E-state index contributed by atoms with van der Waals surface area (Å²) >= 11 is 6.79. The Morgan fingerprint density at radius 3 is 2.25 bits per heavy atom. The molecule has 1 fully saturated rings. The molecule has 1 atom stereocenters. The maximum atomic E-state index is 14.7. The second-order valence-corrected chi connectivity index (χ2v) is 16.1. The summed E-state index contributed by atoms with van der Waals surface area (Å²) < 4.78 is 41.1. The minimum atomic E-state index is -4.64. The molecule has 1 unspecified atom stereocenters. The van der Waals surface area contributed by atoms with Gasteiger partial charge in [-0.05, 0) is 102 Å². The van der Waals surface area contributed by atoms with Crippen molar-refractivity contribution in [2.24, 2.45) is 0 Å². The van der Waals surface area contributed by atoms with Crippen LogP contribution in [0.5, 0.6) is 11.5 Å². The van der Waals surface area contributed by atoms with Gasteiger partial charge >= 0.3 is 0 Å². The van der Waals surface area contributed by atoms with Gasteiger partial charge in [-0.3, -0.25) is 19.3 Å². The highest BCUT2D eigenvalue weighted by atomic mass is 35.5. The number of benzene rings is 3. The molecule has 0 aromatic heterocycles. The van der Waals surface area contributed by atoms with Crippen LogP contribution in [0, 0.1) is 0 Å². The van der Waals surface area contributed by atoms with E-state index >= 15 is 0 Å². The Morgan fingerprint density at radius 1 is 0.941 bits per heavy atom. The topological polar surface area (TPSA) is 138 Å². The van der Waals surface area contributed by atoms with E-state index in [1.54, 1.807) is 37.3 Å². The van der Waals surface area contributed by atoms with E-state index in [4.69, 9.17) is 21.1 Å². The van der Waals surface area contributed by atoms with E-state index < -0.39 is 32.8 Å². The molecular weight excluding hydrogens is 694 g/mol. The molecule has 1 saturated heterocycles. The monoisotopic (exact) mass is 739 g/mol. The molecular formula is C37H46ClN5O7S. The lowest BCUT2D eigenvalue weighted by Crippen LogP contribution is -2.46. The fourth-order valence-electron chi connectivity index (χ4n) is 6.36. The zero-order valence-electron chi connectivity index (χ0n) is 30.1. The van der Waals surface area contributed by atoms with E-state index in [9.17, 15) is 22.8 Å². The molecule has 51 heavy (non-hydrogen) atoms. The molecule has 5 rings (SSSR count). The van der Waals surface area contributed by atoms with Crippen LogP contribution in [0.3, 0.4) is 0 Å². The summed E-state index contributed by atoms with van der Waals surface area (Å²) in [5, 5.41) is 5.99. The molecule has 14 heteroatoms. The molecule has 274 valence electrons. The Labute approximate surface area is 305 Å². The van der Waals surface area contributed by atoms with E-state index in [-0.39, 0.29) is 44.0 Å². The zero-order chi connectivity index (χ0) is 37.3. The second-order valence-electron chi connectivity index (χ2n) is 14.0. The van der Waals surface area contributed by atoms with Crippen LogP contribution in [-0.4, -0.2) is 102 Å². The van der Waals surface area contributed by atoms with Crippen LogP contribution in [0.1, 0.15) is 66.5 Å². The Morgan fingerprint density at radius 2 is 1.61 bits per heavy atom. The second kappa shape index (κ2) is 14.8. The van der Waals surface area contributed by atoms with Crippen molar-refractivity contribution in [1.82, 2.24) is 20.4 Å². The van der Waals surface area contributed by atoms with Crippen LogP contribution in [0.4, 0.5) is 5.69 Å². The summed E-state index contributed by atoms with van der Waals surface area (Å²) in [5.41, 5.74) is -1.04. The van der Waals surface area contributed by atoms with Gasteiger partial charge in [0, 0.05) is 66.5 Å². The molecule has 3 aromatic rings. The summed E-state index contributed by atoms with van der Waals surface area (Å²) in [5.74, 6) is -1.25. The first-order valence-corrected chi connectivity index (χ1v) is 18.7. The lowest BCUT2D eigenvalue weighted by atomic mass is 9.76. The van der Waals surface area contributed by atoms with Crippen molar-refractivity contribution >= 4 is 45.0 Å². The van der Waals surface area contributed by atoms with E-state index in [1.165, 1.54) is 31.4 Å². The number of rotatable bonds is 11. The quantitative estimate of drug-likeness (QED) is 0.295. The summed E-state index contributed by atoms with van der Waals surface area (Å²) in [7, 11) is -1.26. The molecule has 2 aliphatic rings. The third-order valence-electron chi connectivity index (χ3n) is 9.16. The van der Waals surface area contributed by atoms with Gasteiger partial charge in [0.15, 0.2) is 0 Å². The average Bonchev–Trinajstić information content (AvgIpc) is 3.31. The van der Waals surface area contributed by atoms with Crippen LogP contribution < -0.4 is 24.4 Å². The number of nitrogens with zero attached hydrogens (tertiary/aromatic N) is 3. The molecule has 3 amide bonds. The normalized spacial score (nSPS) is 18.4. The number of nitrogens with one attached hydrogen (secondary N) is 2. The lowest BCUT2D eigenvalue weighted by Gasteiger charge is -2.32. The number of methoxy groups -OCH3 is 1. The highest BCUT2D eigenvalue weighted by Crippen LogP contribution is 2.51. The number of piperazine rings is 1. The maximum Gasteiger partial charge on any atom is 0.274 e. The third-order valence-corrected chi connectivity index (χ3v) is 11.2. The number of hydrogen-bond donors (Lipinski definition) is 2. The fraction of sp³-hybridized carbons (Fsp3) is 0.432. The van der Waals surface area contributed by atoms with Crippen molar-refractivity contribution in [2.45, 2.75) is 50.5 Å².